The number of halogens is 1. The van der Waals surface area contributed by atoms with E-state index in [1.165, 1.54) is 29.7 Å². The number of nitrogens with zero attached hydrogens (tertiary/aromatic N) is 1. The quantitative estimate of drug-likeness (QED) is 0.380. The first-order valence-corrected chi connectivity index (χ1v) is 12.7. The molecular formula is C26H29ClN2O3S. The van der Waals surface area contributed by atoms with Crippen LogP contribution in [0.15, 0.2) is 17.1 Å². The van der Waals surface area contributed by atoms with Gasteiger partial charge in [-0.2, -0.15) is 0 Å². The molecule has 0 atom stereocenters. The number of nitrogens with one attached hydrogen (secondary N) is 1. The Hall–Kier alpha value is -2.49. The smallest absolute Gasteiger partial charge is 0.254 e. The van der Waals surface area contributed by atoms with E-state index >= 15 is 0 Å². The first-order valence-electron chi connectivity index (χ1n) is 11.5. The van der Waals surface area contributed by atoms with E-state index in [1.807, 2.05) is 0 Å². The summed E-state index contributed by atoms with van der Waals surface area (Å²) in [5, 5.41) is 4.44. The molecule has 4 rings (SSSR count). The number of carbonyl (C=O) groups excluding carboxylic acids is 1. The van der Waals surface area contributed by atoms with Gasteiger partial charge in [-0.1, -0.05) is 36.8 Å². The fourth-order valence-corrected chi connectivity index (χ4v) is 6.09. The van der Waals surface area contributed by atoms with Crippen molar-refractivity contribution in [3.63, 3.8) is 0 Å². The number of aryl methyl sites for hydroxylation is 1. The maximum Gasteiger partial charge on any atom is 0.254 e. The number of ether oxygens (including phenoxy) is 2. The predicted molar refractivity (Wildman–Crippen MR) is 135 cm³/mol. The second-order valence-corrected chi connectivity index (χ2v) is 9.98. The summed E-state index contributed by atoms with van der Waals surface area (Å²) in [4.78, 5) is 19.4. The molecule has 0 bridgehead atoms. The molecule has 2 aliphatic carbocycles. The van der Waals surface area contributed by atoms with Crippen molar-refractivity contribution in [3.05, 3.63) is 38.7 Å². The second kappa shape index (κ2) is 11.1. The third-order valence-corrected chi connectivity index (χ3v) is 7.68. The summed E-state index contributed by atoms with van der Waals surface area (Å²) in [5.41, 5.74) is 2.69. The zero-order chi connectivity index (χ0) is 23.2. The lowest BCUT2D eigenvalue weighted by Gasteiger charge is -2.23. The van der Waals surface area contributed by atoms with Crippen LogP contribution in [-0.2, 0) is 12.8 Å². The summed E-state index contributed by atoms with van der Waals surface area (Å²) in [6, 6.07) is 3.83. The lowest BCUT2D eigenvalue weighted by Crippen LogP contribution is -2.36. The van der Waals surface area contributed by atoms with Crippen molar-refractivity contribution in [1.29, 1.82) is 0 Å². The minimum absolute atomic E-state index is 0.0158. The van der Waals surface area contributed by atoms with Gasteiger partial charge < -0.3 is 14.8 Å². The van der Waals surface area contributed by atoms with Gasteiger partial charge in [0.15, 0.2) is 11.5 Å². The average molecular weight is 485 g/mol. The summed E-state index contributed by atoms with van der Waals surface area (Å²) >= 11 is 8.04. The van der Waals surface area contributed by atoms with Crippen LogP contribution in [0.3, 0.4) is 0 Å². The molecule has 0 saturated heterocycles. The fourth-order valence-electron chi connectivity index (χ4n) is 4.58. The first kappa shape index (κ1) is 23.7. The van der Waals surface area contributed by atoms with Crippen molar-refractivity contribution >= 4 is 40.1 Å². The van der Waals surface area contributed by atoms with Crippen molar-refractivity contribution in [3.8, 4) is 23.8 Å². The van der Waals surface area contributed by atoms with Gasteiger partial charge in [-0.25, -0.2) is 4.99 Å². The Morgan fingerprint density at radius 2 is 2.06 bits per heavy atom. The molecule has 0 radical (unpaired) electrons. The summed E-state index contributed by atoms with van der Waals surface area (Å²) < 4.78 is 10.9. The van der Waals surface area contributed by atoms with E-state index in [2.05, 4.69) is 11.2 Å². The summed E-state index contributed by atoms with van der Waals surface area (Å²) in [6.07, 6.45) is 17.0. The maximum absolute atomic E-state index is 13.3. The third-order valence-electron chi connectivity index (χ3n) is 6.20. The average Bonchev–Trinajstić information content (AvgIpc) is 3.21. The maximum atomic E-state index is 13.3. The molecular weight excluding hydrogens is 456 g/mol. The van der Waals surface area contributed by atoms with Gasteiger partial charge in [0.2, 0.25) is 0 Å². The van der Waals surface area contributed by atoms with E-state index in [0.29, 0.717) is 16.5 Å². The number of amides is 1. The summed E-state index contributed by atoms with van der Waals surface area (Å²) in [6.45, 7) is 0.101. The van der Waals surface area contributed by atoms with Crippen LogP contribution >= 0.6 is 22.9 Å². The molecule has 5 nitrogen and oxygen atoms in total. The van der Waals surface area contributed by atoms with Gasteiger partial charge >= 0.3 is 0 Å². The Morgan fingerprint density at radius 3 is 2.82 bits per heavy atom. The van der Waals surface area contributed by atoms with Crippen molar-refractivity contribution in [1.82, 2.24) is 5.32 Å². The fraction of sp³-hybridized carbons (Fsp3) is 0.462. The highest BCUT2D eigenvalue weighted by molar-refractivity contribution is 7.16. The number of aliphatic imine (C=N–C) groups is 1. The van der Waals surface area contributed by atoms with Crippen LogP contribution in [0.4, 0.5) is 5.00 Å². The minimum atomic E-state index is 0.0158. The van der Waals surface area contributed by atoms with E-state index < -0.39 is 0 Å². The Kier molecular flexibility index (Phi) is 7.95. The molecule has 1 heterocycles. The monoisotopic (exact) mass is 484 g/mol. The van der Waals surface area contributed by atoms with E-state index in [1.54, 1.807) is 36.8 Å². The van der Waals surface area contributed by atoms with Gasteiger partial charge in [-0.3, -0.25) is 4.79 Å². The van der Waals surface area contributed by atoms with E-state index in [4.69, 9.17) is 32.5 Å². The van der Waals surface area contributed by atoms with Gasteiger partial charge in [0, 0.05) is 17.1 Å². The molecule has 1 fully saturated rings. The number of hydrogen-bond acceptors (Lipinski definition) is 5. The minimum Gasteiger partial charge on any atom is -0.493 e. The molecule has 0 unspecified atom stereocenters. The van der Waals surface area contributed by atoms with Crippen LogP contribution in [0.2, 0.25) is 5.02 Å². The Balaban J connectivity index is 1.62. The lowest BCUT2D eigenvalue weighted by atomic mass is 9.93. The highest BCUT2D eigenvalue weighted by Gasteiger charge is 2.27. The zero-order valence-corrected chi connectivity index (χ0v) is 20.5. The van der Waals surface area contributed by atoms with Crippen molar-refractivity contribution in [2.24, 2.45) is 4.99 Å². The number of methoxy groups -OCH3 is 1. The molecule has 174 valence electrons. The number of rotatable bonds is 7. The number of hydrogen-bond donors (Lipinski definition) is 1. The van der Waals surface area contributed by atoms with Crippen molar-refractivity contribution in [2.75, 3.05) is 13.7 Å². The Morgan fingerprint density at radius 1 is 1.27 bits per heavy atom. The van der Waals surface area contributed by atoms with E-state index in [9.17, 15) is 4.79 Å². The SMILES string of the molecule is C#CCOc1c(Cl)cc(C=Nc2sc3c(c2C(=O)NC2CCCCC2)CCCC3)cc1OC. The highest BCUT2D eigenvalue weighted by atomic mass is 35.5. The van der Waals surface area contributed by atoms with Gasteiger partial charge in [0.1, 0.15) is 11.6 Å². The molecule has 1 aromatic carbocycles. The van der Waals surface area contributed by atoms with E-state index in [-0.39, 0.29) is 18.6 Å². The molecule has 1 N–H and O–H groups in total. The number of thiophene rings is 1. The molecule has 2 aliphatic rings. The molecule has 2 aromatic rings. The van der Waals surface area contributed by atoms with Crippen LogP contribution in [-0.4, -0.2) is 31.9 Å². The topological polar surface area (TPSA) is 59.9 Å². The van der Waals surface area contributed by atoms with Gasteiger partial charge in [-0.05, 0) is 61.8 Å². The predicted octanol–water partition coefficient (Wildman–Crippen LogP) is 6.11. The number of carbonyl (C=O) groups is 1. The molecule has 1 amide bonds. The molecule has 0 aliphatic heterocycles. The number of fused-ring (bicyclic) bond motifs is 1. The lowest BCUT2D eigenvalue weighted by molar-refractivity contribution is 0.0927. The van der Waals surface area contributed by atoms with Gasteiger partial charge in [0.25, 0.3) is 5.91 Å². The Labute approximate surface area is 204 Å². The molecule has 0 spiro atoms. The van der Waals surface area contributed by atoms with Crippen LogP contribution in [0, 0.1) is 12.3 Å². The zero-order valence-electron chi connectivity index (χ0n) is 18.9. The van der Waals surface area contributed by atoms with E-state index in [0.717, 1.165) is 54.7 Å². The highest BCUT2D eigenvalue weighted by Crippen LogP contribution is 2.41. The van der Waals surface area contributed by atoms with Crippen molar-refractivity contribution in [2.45, 2.75) is 63.8 Å². The first-order chi connectivity index (χ1) is 16.1. The molecule has 7 heteroatoms. The number of terminal acetylenes is 1. The van der Waals surface area contributed by atoms with Crippen LogP contribution in [0.1, 0.15) is 71.3 Å². The Bertz CT molecular complexity index is 1080. The standard InChI is InChI=1S/C26H29ClN2O3S/c1-3-13-32-24-20(27)14-17(15-21(24)31-2)16-28-26-23(19-11-7-8-12-22(19)33-26)25(30)29-18-9-5-4-6-10-18/h1,14-16,18H,4-13H2,2H3,(H,29,30). The molecule has 1 saturated carbocycles. The molecule has 1 aromatic heterocycles. The van der Waals surface area contributed by atoms with Crippen molar-refractivity contribution < 1.29 is 14.3 Å². The number of benzene rings is 1. The second-order valence-electron chi connectivity index (χ2n) is 8.48. The van der Waals surface area contributed by atoms with Crippen LogP contribution in [0.25, 0.3) is 0 Å². The summed E-state index contributed by atoms with van der Waals surface area (Å²) in [5.74, 6) is 3.34. The molecule has 33 heavy (non-hydrogen) atoms. The van der Waals surface area contributed by atoms with Gasteiger partial charge in [0.05, 0.1) is 17.7 Å². The van der Waals surface area contributed by atoms with Gasteiger partial charge in [-0.15, -0.1) is 17.8 Å². The normalized spacial score (nSPS) is 16.3. The van der Waals surface area contributed by atoms with Crippen LogP contribution < -0.4 is 14.8 Å². The largest absolute Gasteiger partial charge is 0.493 e. The van der Waals surface area contributed by atoms with Crippen LogP contribution in [0.5, 0.6) is 11.5 Å². The third kappa shape index (κ3) is 5.54. The summed E-state index contributed by atoms with van der Waals surface area (Å²) in [7, 11) is 1.55.